The highest BCUT2D eigenvalue weighted by Crippen LogP contribution is 2.30. The fraction of sp³-hybridized carbons (Fsp3) is 0.583. The van der Waals surface area contributed by atoms with Crippen molar-refractivity contribution in [2.45, 2.75) is 26.2 Å². The molecule has 1 aliphatic heterocycles. The van der Waals surface area contributed by atoms with Crippen molar-refractivity contribution in [1.29, 1.82) is 0 Å². The summed E-state index contributed by atoms with van der Waals surface area (Å²) in [6, 6.07) is 1.80. The van der Waals surface area contributed by atoms with E-state index in [1.54, 1.807) is 16.8 Å². The maximum Gasteiger partial charge on any atom is 0.325 e. The van der Waals surface area contributed by atoms with Crippen molar-refractivity contribution < 1.29 is 4.79 Å². The third-order valence-electron chi connectivity index (χ3n) is 3.04. The maximum absolute atomic E-state index is 11.9. The number of halogens is 1. The van der Waals surface area contributed by atoms with Crippen LogP contribution in [0.5, 0.6) is 0 Å². The average molecular weight is 269 g/mol. The number of rotatable bonds is 1. The summed E-state index contributed by atoms with van der Waals surface area (Å²) in [5.41, 5.74) is 0.771. The van der Waals surface area contributed by atoms with Crippen LogP contribution in [0.3, 0.4) is 0 Å². The van der Waals surface area contributed by atoms with Gasteiger partial charge in [-0.2, -0.15) is 0 Å². The molecule has 0 aliphatic carbocycles. The lowest BCUT2D eigenvalue weighted by atomic mass is 9.88. The van der Waals surface area contributed by atoms with Gasteiger partial charge in [0, 0.05) is 25.7 Å². The van der Waals surface area contributed by atoms with Crippen LogP contribution in [0.15, 0.2) is 6.07 Å². The molecule has 2 rings (SSSR count). The van der Waals surface area contributed by atoms with E-state index in [1.807, 2.05) is 6.07 Å². The number of hydrogen-bond acceptors (Lipinski definition) is 3. The van der Waals surface area contributed by atoms with Gasteiger partial charge in [-0.25, -0.2) is 4.79 Å². The highest BCUT2D eigenvalue weighted by Gasteiger charge is 2.29. The standard InChI is InChI=1S/C12H17ClN4O/c1-12(2,3)8-7-9(14-15-10(8)13)17-6-5-16(4)11(17)18/h7H,5-6H2,1-4H3. The van der Waals surface area contributed by atoms with Gasteiger partial charge in [0.05, 0.1) is 0 Å². The zero-order valence-electron chi connectivity index (χ0n) is 11.1. The van der Waals surface area contributed by atoms with Gasteiger partial charge in [0.25, 0.3) is 0 Å². The van der Waals surface area contributed by atoms with Crippen molar-refractivity contribution >= 4 is 23.4 Å². The Kier molecular flexibility index (Phi) is 3.19. The van der Waals surface area contributed by atoms with E-state index in [1.165, 1.54) is 0 Å². The van der Waals surface area contributed by atoms with Crippen LogP contribution in [-0.4, -0.2) is 41.3 Å². The summed E-state index contributed by atoms with van der Waals surface area (Å²) in [6.07, 6.45) is 0. The van der Waals surface area contributed by atoms with E-state index >= 15 is 0 Å². The summed E-state index contributed by atoms with van der Waals surface area (Å²) >= 11 is 6.07. The summed E-state index contributed by atoms with van der Waals surface area (Å²) in [5.74, 6) is 0.568. The third-order valence-corrected chi connectivity index (χ3v) is 3.32. The Morgan fingerprint density at radius 1 is 1.28 bits per heavy atom. The molecule has 6 heteroatoms. The van der Waals surface area contributed by atoms with E-state index < -0.39 is 0 Å². The molecule has 1 fully saturated rings. The Hall–Kier alpha value is -1.36. The molecule has 18 heavy (non-hydrogen) atoms. The van der Waals surface area contributed by atoms with Crippen molar-refractivity contribution in [3.05, 3.63) is 16.8 Å². The minimum atomic E-state index is -0.129. The van der Waals surface area contributed by atoms with E-state index in [2.05, 4.69) is 31.0 Å². The van der Waals surface area contributed by atoms with E-state index in [4.69, 9.17) is 11.6 Å². The minimum absolute atomic E-state index is 0.0496. The Bertz CT molecular complexity index is 483. The largest absolute Gasteiger partial charge is 0.326 e. The molecule has 2 heterocycles. The van der Waals surface area contributed by atoms with E-state index in [-0.39, 0.29) is 11.4 Å². The fourth-order valence-corrected chi connectivity index (χ4v) is 2.26. The molecule has 98 valence electrons. The second-order valence-corrected chi connectivity index (χ2v) is 5.87. The predicted octanol–water partition coefficient (Wildman–Crippen LogP) is 2.30. The highest BCUT2D eigenvalue weighted by molar-refractivity contribution is 6.30. The number of carbonyl (C=O) groups excluding carboxylic acids is 1. The molecule has 2 amide bonds. The fourth-order valence-electron chi connectivity index (χ4n) is 1.88. The summed E-state index contributed by atoms with van der Waals surface area (Å²) in [6.45, 7) is 7.50. The molecule has 1 aliphatic rings. The molecule has 1 saturated heterocycles. The number of aromatic nitrogens is 2. The van der Waals surface area contributed by atoms with Gasteiger partial charge >= 0.3 is 6.03 Å². The molecule has 0 aromatic carbocycles. The molecule has 0 atom stereocenters. The number of carbonyl (C=O) groups is 1. The van der Waals surface area contributed by atoms with Crippen LogP contribution < -0.4 is 4.90 Å². The Balaban J connectivity index is 2.39. The van der Waals surface area contributed by atoms with Gasteiger partial charge in [-0.1, -0.05) is 32.4 Å². The Morgan fingerprint density at radius 2 is 1.94 bits per heavy atom. The lowest BCUT2D eigenvalue weighted by molar-refractivity contribution is 0.229. The number of anilines is 1. The monoisotopic (exact) mass is 268 g/mol. The lowest BCUT2D eigenvalue weighted by Crippen LogP contribution is -2.30. The van der Waals surface area contributed by atoms with Gasteiger partial charge < -0.3 is 4.90 Å². The van der Waals surface area contributed by atoms with Gasteiger partial charge in [0.2, 0.25) is 0 Å². The topological polar surface area (TPSA) is 49.3 Å². The first-order valence-electron chi connectivity index (χ1n) is 5.87. The van der Waals surface area contributed by atoms with Gasteiger partial charge in [-0.3, -0.25) is 4.90 Å². The molecule has 0 unspecified atom stereocenters. The van der Waals surface area contributed by atoms with E-state index in [9.17, 15) is 4.79 Å². The smallest absolute Gasteiger partial charge is 0.325 e. The zero-order valence-corrected chi connectivity index (χ0v) is 11.8. The van der Waals surface area contributed by atoms with Crippen molar-refractivity contribution in [3.8, 4) is 0 Å². The summed E-state index contributed by atoms with van der Waals surface area (Å²) in [7, 11) is 1.77. The van der Waals surface area contributed by atoms with E-state index in [0.717, 1.165) is 5.56 Å². The molecular weight excluding hydrogens is 252 g/mol. The van der Waals surface area contributed by atoms with Crippen molar-refractivity contribution in [2.75, 3.05) is 25.0 Å². The maximum atomic E-state index is 11.9. The molecular formula is C12H17ClN4O. The molecule has 1 aromatic heterocycles. The van der Waals surface area contributed by atoms with Gasteiger partial charge in [0.15, 0.2) is 11.0 Å². The van der Waals surface area contributed by atoms with Crippen LogP contribution in [0, 0.1) is 0 Å². The second kappa shape index (κ2) is 4.39. The Labute approximate surface area is 112 Å². The first-order chi connectivity index (χ1) is 8.30. The third kappa shape index (κ3) is 2.27. The summed E-state index contributed by atoms with van der Waals surface area (Å²) in [4.78, 5) is 15.2. The zero-order chi connectivity index (χ0) is 13.5. The normalized spacial score (nSPS) is 16.6. The van der Waals surface area contributed by atoms with Crippen LogP contribution in [0.2, 0.25) is 5.15 Å². The number of hydrogen-bond donors (Lipinski definition) is 0. The van der Waals surface area contributed by atoms with Crippen LogP contribution in [0.4, 0.5) is 10.6 Å². The van der Waals surface area contributed by atoms with E-state index in [0.29, 0.717) is 24.1 Å². The molecule has 0 radical (unpaired) electrons. The van der Waals surface area contributed by atoms with Gasteiger partial charge in [0.1, 0.15) is 0 Å². The predicted molar refractivity (Wildman–Crippen MR) is 71.1 cm³/mol. The molecule has 0 bridgehead atoms. The first kappa shape index (κ1) is 13.1. The van der Waals surface area contributed by atoms with Crippen LogP contribution >= 0.6 is 11.6 Å². The SMILES string of the molecule is CN1CCN(c2cc(C(C)(C)C)c(Cl)nn2)C1=O. The van der Waals surface area contributed by atoms with Crippen molar-refractivity contribution in [2.24, 2.45) is 0 Å². The quantitative estimate of drug-likeness (QED) is 0.785. The summed E-state index contributed by atoms with van der Waals surface area (Å²) in [5, 5.41) is 8.36. The number of likely N-dealkylation sites (N-methyl/N-ethyl adjacent to an activating group) is 1. The molecule has 1 aromatic rings. The van der Waals surface area contributed by atoms with Crippen LogP contribution in [0.25, 0.3) is 0 Å². The van der Waals surface area contributed by atoms with Crippen molar-refractivity contribution in [1.82, 2.24) is 15.1 Å². The lowest BCUT2D eigenvalue weighted by Gasteiger charge is -2.22. The molecule has 0 spiro atoms. The van der Waals surface area contributed by atoms with Crippen LogP contribution in [-0.2, 0) is 5.41 Å². The molecule has 0 saturated carbocycles. The first-order valence-corrected chi connectivity index (χ1v) is 6.25. The number of amides is 2. The second-order valence-electron chi connectivity index (χ2n) is 5.51. The van der Waals surface area contributed by atoms with Crippen LogP contribution in [0.1, 0.15) is 26.3 Å². The Morgan fingerprint density at radius 3 is 2.44 bits per heavy atom. The molecule has 0 N–H and O–H groups in total. The molecule has 5 nitrogen and oxygen atoms in total. The highest BCUT2D eigenvalue weighted by atomic mass is 35.5. The number of nitrogens with zero attached hydrogens (tertiary/aromatic N) is 4. The minimum Gasteiger partial charge on any atom is -0.326 e. The van der Waals surface area contributed by atoms with Gasteiger partial charge in [-0.15, -0.1) is 10.2 Å². The number of urea groups is 1. The summed E-state index contributed by atoms with van der Waals surface area (Å²) < 4.78 is 0. The average Bonchev–Trinajstić information content (AvgIpc) is 2.59. The van der Waals surface area contributed by atoms with Gasteiger partial charge in [-0.05, 0) is 11.5 Å². The van der Waals surface area contributed by atoms with Crippen molar-refractivity contribution in [3.63, 3.8) is 0 Å².